The van der Waals surface area contributed by atoms with Crippen molar-refractivity contribution in [3.8, 4) is 17.0 Å². The van der Waals surface area contributed by atoms with Crippen molar-refractivity contribution in [2.24, 2.45) is 5.10 Å². The monoisotopic (exact) mass is 457 g/mol. The first-order valence-corrected chi connectivity index (χ1v) is 11.1. The number of anilines is 1. The number of nitro groups is 1. The summed E-state index contributed by atoms with van der Waals surface area (Å²) in [6, 6.07) is 18.2. The molecule has 9 heteroatoms. The molecule has 1 atom stereocenters. The van der Waals surface area contributed by atoms with Crippen LogP contribution in [0.2, 0.25) is 0 Å². The van der Waals surface area contributed by atoms with Crippen molar-refractivity contribution in [3.05, 3.63) is 99.7 Å². The number of methoxy groups -OCH3 is 1. The number of aromatic nitrogens is 2. The normalized spacial score (nSPS) is 15.4. The number of non-ortho nitro benzene ring substituents is 1. The van der Waals surface area contributed by atoms with E-state index in [1.165, 1.54) is 23.5 Å². The lowest BCUT2D eigenvalue weighted by Gasteiger charge is -2.20. The van der Waals surface area contributed by atoms with Gasteiger partial charge < -0.3 is 4.74 Å². The van der Waals surface area contributed by atoms with Gasteiger partial charge in [-0.15, -0.1) is 11.3 Å². The maximum absolute atomic E-state index is 10.9. The zero-order valence-electron chi connectivity index (χ0n) is 17.7. The molecule has 164 valence electrons. The van der Waals surface area contributed by atoms with E-state index in [1.807, 2.05) is 53.0 Å². The van der Waals surface area contributed by atoms with E-state index >= 15 is 0 Å². The van der Waals surface area contributed by atoms with Gasteiger partial charge in [0.1, 0.15) is 5.75 Å². The summed E-state index contributed by atoms with van der Waals surface area (Å²) in [5.41, 5.74) is 4.66. The Hall–Kier alpha value is -4.11. The predicted molar refractivity (Wildman–Crippen MR) is 128 cm³/mol. The van der Waals surface area contributed by atoms with Crippen LogP contribution in [0.3, 0.4) is 0 Å². The van der Waals surface area contributed by atoms with Gasteiger partial charge in [-0.25, -0.2) is 9.99 Å². The van der Waals surface area contributed by atoms with E-state index in [4.69, 9.17) is 14.8 Å². The van der Waals surface area contributed by atoms with Gasteiger partial charge in [-0.3, -0.25) is 15.1 Å². The van der Waals surface area contributed by atoms with Gasteiger partial charge in [0.25, 0.3) is 5.69 Å². The fraction of sp³-hybridized carbons (Fsp3) is 0.125. The summed E-state index contributed by atoms with van der Waals surface area (Å²) >= 11 is 1.49. The molecule has 8 nitrogen and oxygen atoms in total. The highest BCUT2D eigenvalue weighted by molar-refractivity contribution is 7.14. The third kappa shape index (κ3) is 4.18. The molecule has 2 aromatic heterocycles. The minimum absolute atomic E-state index is 0.0355. The van der Waals surface area contributed by atoms with Crippen molar-refractivity contribution >= 4 is 27.9 Å². The van der Waals surface area contributed by atoms with Crippen LogP contribution in [0.1, 0.15) is 23.6 Å². The fourth-order valence-electron chi connectivity index (χ4n) is 3.73. The highest BCUT2D eigenvalue weighted by Crippen LogP contribution is 2.39. The quantitative estimate of drug-likeness (QED) is 0.281. The van der Waals surface area contributed by atoms with Crippen molar-refractivity contribution in [2.45, 2.75) is 12.5 Å². The molecule has 33 heavy (non-hydrogen) atoms. The highest BCUT2D eigenvalue weighted by atomic mass is 32.1. The Labute approximate surface area is 194 Å². The van der Waals surface area contributed by atoms with E-state index in [1.54, 1.807) is 25.4 Å². The van der Waals surface area contributed by atoms with Crippen LogP contribution >= 0.6 is 11.3 Å². The largest absolute Gasteiger partial charge is 0.497 e. The van der Waals surface area contributed by atoms with Gasteiger partial charge in [0.05, 0.1) is 29.5 Å². The van der Waals surface area contributed by atoms with E-state index in [-0.39, 0.29) is 11.7 Å². The summed E-state index contributed by atoms with van der Waals surface area (Å²) in [6.07, 6.45) is 4.32. The SMILES string of the molecule is COc1ccc(C2=NN(c3nc(-c4ccc([N+](=O)[O-])cc4)cs3)C(c3cccnc3)C2)cc1. The molecule has 1 aliphatic rings. The Morgan fingerprint density at radius 3 is 2.52 bits per heavy atom. The molecule has 0 fully saturated rings. The van der Waals surface area contributed by atoms with Crippen LogP contribution < -0.4 is 9.75 Å². The molecular formula is C24H19N5O3S. The van der Waals surface area contributed by atoms with Crippen molar-refractivity contribution in [2.75, 3.05) is 12.1 Å². The van der Waals surface area contributed by atoms with E-state index in [0.717, 1.165) is 39.0 Å². The predicted octanol–water partition coefficient (Wildman–Crippen LogP) is 5.48. The lowest BCUT2D eigenvalue weighted by molar-refractivity contribution is -0.384. The Morgan fingerprint density at radius 2 is 1.85 bits per heavy atom. The Kier molecular flexibility index (Phi) is 5.54. The Morgan fingerprint density at radius 1 is 1.09 bits per heavy atom. The molecule has 3 heterocycles. The van der Waals surface area contributed by atoms with E-state index < -0.39 is 4.92 Å². The summed E-state index contributed by atoms with van der Waals surface area (Å²) in [4.78, 5) is 19.6. The number of hydrogen-bond acceptors (Lipinski definition) is 8. The van der Waals surface area contributed by atoms with E-state index in [0.29, 0.717) is 6.42 Å². The minimum Gasteiger partial charge on any atom is -0.497 e. The number of hydrazone groups is 1. The molecule has 4 aromatic rings. The lowest BCUT2D eigenvalue weighted by Crippen LogP contribution is -2.18. The van der Waals surface area contributed by atoms with Crippen LogP contribution in [0.5, 0.6) is 5.75 Å². The first-order chi connectivity index (χ1) is 16.1. The van der Waals surface area contributed by atoms with Gasteiger partial charge in [0, 0.05) is 41.9 Å². The van der Waals surface area contributed by atoms with Crippen molar-refractivity contribution < 1.29 is 9.66 Å². The second-order valence-corrected chi connectivity index (χ2v) is 8.28. The molecule has 0 bridgehead atoms. The molecule has 0 amide bonds. The first kappa shape index (κ1) is 20.8. The van der Waals surface area contributed by atoms with Gasteiger partial charge in [0.2, 0.25) is 5.13 Å². The molecule has 5 rings (SSSR count). The number of hydrogen-bond donors (Lipinski definition) is 0. The van der Waals surface area contributed by atoms with Crippen LogP contribution in [0, 0.1) is 10.1 Å². The molecule has 0 N–H and O–H groups in total. The van der Waals surface area contributed by atoms with Crippen molar-refractivity contribution in [1.29, 1.82) is 0 Å². The number of pyridine rings is 1. The molecule has 0 radical (unpaired) electrons. The van der Waals surface area contributed by atoms with Gasteiger partial charge in [-0.05, 0) is 53.6 Å². The fourth-order valence-corrected chi connectivity index (χ4v) is 4.57. The molecule has 1 aliphatic heterocycles. The second-order valence-electron chi connectivity index (χ2n) is 7.45. The van der Waals surface area contributed by atoms with Gasteiger partial charge >= 0.3 is 0 Å². The van der Waals surface area contributed by atoms with Gasteiger partial charge in [-0.1, -0.05) is 6.07 Å². The maximum atomic E-state index is 10.9. The number of ether oxygens (including phenoxy) is 1. The standard InChI is InChI=1S/C24H19N5O3S/c1-32-20-10-6-16(7-11-20)21-13-23(18-3-2-12-25-14-18)28(27-21)24-26-22(15-33-24)17-4-8-19(9-5-17)29(30)31/h2-12,14-15,23H,13H2,1H3. The molecular weight excluding hydrogens is 438 g/mol. The molecule has 0 spiro atoms. The summed E-state index contributed by atoms with van der Waals surface area (Å²) in [5.74, 6) is 0.797. The first-order valence-electron chi connectivity index (χ1n) is 10.2. The number of benzene rings is 2. The topological polar surface area (TPSA) is 93.8 Å². The van der Waals surface area contributed by atoms with Crippen LogP contribution in [0.4, 0.5) is 10.8 Å². The third-order valence-corrected chi connectivity index (χ3v) is 6.30. The van der Waals surface area contributed by atoms with Gasteiger partial charge in [0.15, 0.2) is 0 Å². The Balaban J connectivity index is 1.49. The lowest BCUT2D eigenvalue weighted by atomic mass is 10.00. The zero-order valence-corrected chi connectivity index (χ0v) is 18.5. The number of rotatable bonds is 6. The second kappa shape index (κ2) is 8.79. The molecule has 0 saturated heterocycles. The molecule has 0 aliphatic carbocycles. The molecule has 0 saturated carbocycles. The summed E-state index contributed by atoms with van der Waals surface area (Å²) in [6.45, 7) is 0. The van der Waals surface area contributed by atoms with Gasteiger partial charge in [-0.2, -0.15) is 5.10 Å². The summed E-state index contributed by atoms with van der Waals surface area (Å²) in [5, 5.41) is 20.5. The number of thiazole rings is 1. The van der Waals surface area contributed by atoms with Crippen molar-refractivity contribution in [1.82, 2.24) is 9.97 Å². The number of nitrogens with zero attached hydrogens (tertiary/aromatic N) is 5. The van der Waals surface area contributed by atoms with Crippen molar-refractivity contribution in [3.63, 3.8) is 0 Å². The highest BCUT2D eigenvalue weighted by Gasteiger charge is 2.32. The third-order valence-electron chi connectivity index (χ3n) is 5.46. The number of nitro benzene ring substituents is 1. The average Bonchev–Trinajstić information content (AvgIpc) is 3.52. The van der Waals surface area contributed by atoms with E-state index in [2.05, 4.69) is 4.98 Å². The minimum atomic E-state index is -0.408. The smallest absolute Gasteiger partial charge is 0.269 e. The molecule has 1 unspecified atom stereocenters. The summed E-state index contributed by atoms with van der Waals surface area (Å²) < 4.78 is 5.27. The van der Waals surface area contributed by atoms with Crippen LogP contribution in [0.25, 0.3) is 11.3 Å². The van der Waals surface area contributed by atoms with E-state index in [9.17, 15) is 10.1 Å². The maximum Gasteiger partial charge on any atom is 0.269 e. The van der Waals surface area contributed by atoms with Crippen LogP contribution in [0.15, 0.2) is 83.5 Å². The molecule has 2 aromatic carbocycles. The Bertz CT molecular complexity index is 1300. The average molecular weight is 458 g/mol. The summed E-state index contributed by atoms with van der Waals surface area (Å²) in [7, 11) is 1.65. The van der Waals surface area contributed by atoms with Crippen LogP contribution in [-0.2, 0) is 0 Å². The van der Waals surface area contributed by atoms with Crippen LogP contribution in [-0.4, -0.2) is 27.7 Å². The zero-order chi connectivity index (χ0) is 22.8.